The van der Waals surface area contributed by atoms with Gasteiger partial charge in [-0.3, -0.25) is 4.79 Å². The molecule has 0 aromatic heterocycles. The molecule has 7 nitrogen and oxygen atoms in total. The Bertz CT molecular complexity index is 1620. The van der Waals surface area contributed by atoms with Gasteiger partial charge in [0.15, 0.2) is 5.43 Å². The third kappa shape index (κ3) is 5.25. The Labute approximate surface area is 225 Å². The van der Waals surface area contributed by atoms with Crippen molar-refractivity contribution < 1.29 is 29.2 Å². The third-order valence-corrected chi connectivity index (χ3v) is 6.88. The van der Waals surface area contributed by atoms with E-state index in [-0.39, 0.29) is 28.6 Å². The van der Waals surface area contributed by atoms with Crippen LogP contribution in [0, 0.1) is 0 Å². The van der Waals surface area contributed by atoms with Crippen molar-refractivity contribution in [2.45, 2.75) is 18.8 Å². The van der Waals surface area contributed by atoms with Gasteiger partial charge in [0.1, 0.15) is 40.3 Å². The molecule has 1 unspecified atom stereocenters. The van der Waals surface area contributed by atoms with Crippen LogP contribution >= 0.6 is 0 Å². The first-order valence-corrected chi connectivity index (χ1v) is 12.5. The van der Waals surface area contributed by atoms with Gasteiger partial charge in [-0.25, -0.2) is 0 Å². The van der Waals surface area contributed by atoms with Gasteiger partial charge in [-0.05, 0) is 78.6 Å². The summed E-state index contributed by atoms with van der Waals surface area (Å²) in [4.78, 5) is 13.7. The van der Waals surface area contributed by atoms with E-state index in [4.69, 9.17) is 13.9 Å². The third-order valence-electron chi connectivity index (χ3n) is 6.88. The lowest BCUT2D eigenvalue weighted by atomic mass is 9.84. The number of aryl methyl sites for hydroxylation is 1. The van der Waals surface area contributed by atoms with Crippen molar-refractivity contribution >= 4 is 0 Å². The summed E-state index contributed by atoms with van der Waals surface area (Å²) in [7, 11) is 3.08. The molecule has 1 atom stereocenters. The average molecular weight is 525 g/mol. The van der Waals surface area contributed by atoms with Crippen molar-refractivity contribution in [1.29, 1.82) is 0 Å². The van der Waals surface area contributed by atoms with Crippen LogP contribution in [0.5, 0.6) is 28.7 Å². The zero-order chi connectivity index (χ0) is 27.5. The highest BCUT2D eigenvalue weighted by molar-refractivity contribution is 5.73. The Hall–Kier alpha value is -4.91. The number of phenolic OH excluding ortho intramolecular Hbond substituents is 3. The van der Waals surface area contributed by atoms with Crippen LogP contribution in [0.1, 0.15) is 29.0 Å². The van der Waals surface area contributed by atoms with E-state index in [0.717, 1.165) is 16.7 Å². The molecule has 5 rings (SSSR count). The molecular weight excluding hydrogens is 496 g/mol. The minimum Gasteiger partial charge on any atom is -0.508 e. The molecule has 3 N–H and O–H groups in total. The number of phenols is 3. The summed E-state index contributed by atoms with van der Waals surface area (Å²) in [5.41, 5.74) is 3.40. The first-order chi connectivity index (χ1) is 18.9. The minimum absolute atomic E-state index is 0.110. The minimum atomic E-state index is -0.368. The Kier molecular flexibility index (Phi) is 7.14. The Balaban J connectivity index is 1.61. The van der Waals surface area contributed by atoms with Crippen molar-refractivity contribution in [3.63, 3.8) is 0 Å². The molecule has 1 heterocycles. The van der Waals surface area contributed by atoms with Gasteiger partial charge in [-0.2, -0.15) is 0 Å². The van der Waals surface area contributed by atoms with Crippen molar-refractivity contribution in [3.8, 4) is 51.4 Å². The first-order valence-electron chi connectivity index (χ1n) is 12.5. The van der Waals surface area contributed by atoms with Crippen LogP contribution in [-0.4, -0.2) is 29.5 Å². The summed E-state index contributed by atoms with van der Waals surface area (Å²) < 4.78 is 17.4. The van der Waals surface area contributed by atoms with Gasteiger partial charge >= 0.3 is 0 Å². The lowest BCUT2D eigenvalue weighted by molar-refractivity contribution is 0.399. The maximum absolute atomic E-state index is 13.7. The van der Waals surface area contributed by atoms with Gasteiger partial charge in [0, 0.05) is 29.2 Å². The first kappa shape index (κ1) is 25.7. The molecule has 2 aliphatic rings. The number of hydrogen-bond donors (Lipinski definition) is 3. The zero-order valence-electron chi connectivity index (χ0n) is 21.5. The van der Waals surface area contributed by atoms with Crippen LogP contribution in [0.3, 0.4) is 0 Å². The molecule has 0 saturated heterocycles. The fourth-order valence-corrected chi connectivity index (χ4v) is 4.95. The Morgan fingerprint density at radius 1 is 0.744 bits per heavy atom. The fraction of sp³-hybridized carbons (Fsp3) is 0.156. The van der Waals surface area contributed by atoms with Crippen LogP contribution in [0.25, 0.3) is 22.6 Å². The fourth-order valence-electron chi connectivity index (χ4n) is 4.95. The highest BCUT2D eigenvalue weighted by Gasteiger charge is 2.27. The second-order valence-electron chi connectivity index (χ2n) is 9.26. The van der Waals surface area contributed by atoms with Crippen LogP contribution in [-0.2, 0) is 6.42 Å². The van der Waals surface area contributed by atoms with Crippen LogP contribution in [0.2, 0.25) is 0 Å². The highest BCUT2D eigenvalue weighted by atomic mass is 16.5. The Morgan fingerprint density at radius 3 is 2.08 bits per heavy atom. The molecule has 0 spiro atoms. The number of methoxy groups -OCH3 is 2. The standard InChI is InChI=1S/C32H28O7/c1-37-29-17-24(35)13-7-21(29)8-14-25(19-3-9-22(33)10-4-19)31-27(36)18-30-26(32(31)38-2)15-16-28(39-30)20-5-11-23(34)12-6-20/h3-7,9-13,15-18,25,33-35H,8,14H2,1-2H3. The van der Waals surface area contributed by atoms with E-state index in [0.29, 0.717) is 47.0 Å². The van der Waals surface area contributed by atoms with Crippen LogP contribution in [0.15, 0.2) is 94.1 Å². The summed E-state index contributed by atoms with van der Waals surface area (Å²) in [6.45, 7) is 0. The molecule has 0 fully saturated rings. The second-order valence-corrected chi connectivity index (χ2v) is 9.26. The van der Waals surface area contributed by atoms with E-state index >= 15 is 0 Å². The molecular formula is C32H28O7. The van der Waals surface area contributed by atoms with Crippen molar-refractivity contribution in [2.24, 2.45) is 0 Å². The molecule has 3 aromatic rings. The monoisotopic (exact) mass is 524 g/mol. The maximum atomic E-state index is 13.7. The summed E-state index contributed by atoms with van der Waals surface area (Å²) in [5, 5.41) is 29.4. The van der Waals surface area contributed by atoms with Gasteiger partial charge in [0.05, 0.1) is 19.8 Å². The van der Waals surface area contributed by atoms with E-state index in [1.165, 1.54) is 13.2 Å². The molecule has 0 radical (unpaired) electrons. The molecule has 1 aliphatic heterocycles. The van der Waals surface area contributed by atoms with Gasteiger partial charge < -0.3 is 29.2 Å². The number of hydrogen-bond acceptors (Lipinski definition) is 7. The van der Waals surface area contributed by atoms with Crippen molar-refractivity contribution in [2.75, 3.05) is 14.2 Å². The predicted octanol–water partition coefficient (Wildman–Crippen LogP) is 6.31. The van der Waals surface area contributed by atoms with Crippen LogP contribution < -0.4 is 14.9 Å². The number of fused-ring (bicyclic) bond motifs is 1. The number of aromatic hydroxyl groups is 3. The second kappa shape index (κ2) is 10.8. The molecule has 7 heteroatoms. The van der Waals surface area contributed by atoms with E-state index < -0.39 is 0 Å². The van der Waals surface area contributed by atoms with E-state index in [9.17, 15) is 20.1 Å². The average Bonchev–Trinajstić information content (AvgIpc) is 2.94. The molecule has 1 aliphatic carbocycles. The predicted molar refractivity (Wildman–Crippen MR) is 148 cm³/mol. The van der Waals surface area contributed by atoms with E-state index in [2.05, 4.69) is 0 Å². The quantitative estimate of drug-likeness (QED) is 0.218. The normalized spacial score (nSPS) is 11.8. The largest absolute Gasteiger partial charge is 0.508 e. The smallest absolute Gasteiger partial charge is 0.189 e. The molecule has 198 valence electrons. The number of rotatable bonds is 8. The van der Waals surface area contributed by atoms with Gasteiger partial charge in [-0.1, -0.05) is 18.2 Å². The van der Waals surface area contributed by atoms with Crippen molar-refractivity contribution in [3.05, 3.63) is 112 Å². The summed E-state index contributed by atoms with van der Waals surface area (Å²) >= 11 is 0. The highest BCUT2D eigenvalue weighted by Crippen LogP contribution is 2.42. The molecule has 3 aromatic carbocycles. The number of ether oxygens (including phenoxy) is 2. The van der Waals surface area contributed by atoms with Crippen LogP contribution in [0.4, 0.5) is 0 Å². The SMILES string of the molecule is COc1cc(O)ccc1CCC(c1ccc(O)cc1)c1c(OC)c2ccc(-c3ccc(O)cc3)oc-2cc1=O. The zero-order valence-corrected chi connectivity index (χ0v) is 21.5. The summed E-state index contributed by atoms with van der Waals surface area (Å²) in [6, 6.07) is 23.5. The lowest BCUT2D eigenvalue weighted by Gasteiger charge is -2.23. The summed E-state index contributed by atoms with van der Waals surface area (Å²) in [6.07, 6.45) is 1.09. The molecule has 0 bridgehead atoms. The summed E-state index contributed by atoms with van der Waals surface area (Å²) in [5.74, 6) is 1.94. The molecule has 0 amide bonds. The van der Waals surface area contributed by atoms with Gasteiger partial charge in [0.25, 0.3) is 0 Å². The van der Waals surface area contributed by atoms with E-state index in [1.807, 2.05) is 18.2 Å². The van der Waals surface area contributed by atoms with Gasteiger partial charge in [-0.15, -0.1) is 0 Å². The maximum Gasteiger partial charge on any atom is 0.189 e. The number of benzene rings is 4. The molecule has 39 heavy (non-hydrogen) atoms. The van der Waals surface area contributed by atoms with Gasteiger partial charge in [0.2, 0.25) is 0 Å². The van der Waals surface area contributed by atoms with Crippen molar-refractivity contribution in [1.82, 2.24) is 0 Å². The Morgan fingerprint density at radius 2 is 1.41 bits per heavy atom. The topological polar surface area (TPSA) is 109 Å². The molecule has 0 saturated carbocycles. The lowest BCUT2D eigenvalue weighted by Crippen LogP contribution is -2.18. The van der Waals surface area contributed by atoms with E-state index in [1.54, 1.807) is 67.8 Å².